The van der Waals surface area contributed by atoms with Crippen molar-refractivity contribution in [3.63, 3.8) is 0 Å². The van der Waals surface area contributed by atoms with E-state index in [0.29, 0.717) is 22.3 Å². The number of halogens is 1. The molecule has 0 atom stereocenters. The number of hydrogen-bond acceptors (Lipinski definition) is 3. The van der Waals surface area contributed by atoms with E-state index >= 15 is 0 Å². The van der Waals surface area contributed by atoms with E-state index in [1.165, 1.54) is 10.6 Å². The highest BCUT2D eigenvalue weighted by molar-refractivity contribution is 6.30. The van der Waals surface area contributed by atoms with E-state index in [0.717, 1.165) is 0 Å². The topological polar surface area (TPSA) is 40.5 Å². The third-order valence-corrected chi connectivity index (χ3v) is 3.39. The molecule has 0 aliphatic carbocycles. The number of rotatable bonds is 5. The average Bonchev–Trinajstić information content (AvgIpc) is 2.58. The first-order valence-corrected chi connectivity index (χ1v) is 7.40. The summed E-state index contributed by atoms with van der Waals surface area (Å²) in [7, 11) is 0. The molecule has 0 fully saturated rings. The fourth-order valence-electron chi connectivity index (χ4n) is 1.95. The van der Waals surface area contributed by atoms with Crippen LogP contribution in [0.4, 0.5) is 0 Å². The van der Waals surface area contributed by atoms with E-state index < -0.39 is 0 Å². The Hall–Kier alpha value is -2.72. The Balaban J connectivity index is 1.62. The van der Waals surface area contributed by atoms with Crippen LogP contribution in [0.25, 0.3) is 0 Å². The van der Waals surface area contributed by atoms with Crippen LogP contribution in [0, 0.1) is 0 Å². The second kappa shape index (κ2) is 7.03. The first-order valence-electron chi connectivity index (χ1n) is 7.02. The molecule has 0 N–H and O–H groups in total. The molecule has 4 nitrogen and oxygen atoms in total. The highest BCUT2D eigenvalue weighted by Crippen LogP contribution is 2.25. The Bertz CT molecular complexity index is 826. The van der Waals surface area contributed by atoms with Crippen molar-refractivity contribution in [2.45, 2.75) is 6.73 Å². The average molecular weight is 328 g/mol. The van der Waals surface area contributed by atoms with Crippen LogP contribution in [0.2, 0.25) is 5.02 Å². The summed E-state index contributed by atoms with van der Waals surface area (Å²) in [4.78, 5) is 11.6. The third kappa shape index (κ3) is 4.14. The Morgan fingerprint density at radius 1 is 0.826 bits per heavy atom. The molecular formula is C18H14ClNO3. The van der Waals surface area contributed by atoms with Gasteiger partial charge in [-0.15, -0.1) is 0 Å². The van der Waals surface area contributed by atoms with Gasteiger partial charge in [0.1, 0.15) is 17.2 Å². The van der Waals surface area contributed by atoms with Gasteiger partial charge in [-0.25, -0.2) is 0 Å². The van der Waals surface area contributed by atoms with Gasteiger partial charge in [0, 0.05) is 17.3 Å². The number of benzene rings is 2. The third-order valence-electron chi connectivity index (χ3n) is 3.14. The normalized spacial score (nSPS) is 10.3. The van der Waals surface area contributed by atoms with Crippen molar-refractivity contribution < 1.29 is 9.47 Å². The van der Waals surface area contributed by atoms with Gasteiger partial charge >= 0.3 is 0 Å². The summed E-state index contributed by atoms with van der Waals surface area (Å²) in [5, 5.41) is 0.664. The zero-order chi connectivity index (χ0) is 16.1. The molecule has 3 rings (SSSR count). The lowest BCUT2D eigenvalue weighted by atomic mass is 10.3. The molecule has 0 spiro atoms. The summed E-state index contributed by atoms with van der Waals surface area (Å²) in [5.74, 6) is 2.06. The maximum Gasteiger partial charge on any atom is 0.253 e. The maximum atomic E-state index is 11.6. The Morgan fingerprint density at radius 2 is 1.43 bits per heavy atom. The summed E-state index contributed by atoms with van der Waals surface area (Å²) in [6.45, 7) is 0.164. The summed E-state index contributed by atoms with van der Waals surface area (Å²) < 4.78 is 12.8. The summed E-state index contributed by atoms with van der Waals surface area (Å²) in [6, 6.07) is 19.3. The van der Waals surface area contributed by atoms with Crippen LogP contribution >= 0.6 is 11.6 Å². The standard InChI is InChI=1S/C18H14ClNO3/c19-14-4-6-16(7-5-14)23-17-10-8-15(9-11-17)22-13-20-12-2-1-3-18(20)21/h1-12H,13H2. The molecule has 0 aliphatic heterocycles. The fourth-order valence-corrected chi connectivity index (χ4v) is 2.08. The lowest BCUT2D eigenvalue weighted by Gasteiger charge is -2.09. The molecule has 5 heteroatoms. The van der Waals surface area contributed by atoms with Crippen molar-refractivity contribution in [1.29, 1.82) is 0 Å². The predicted molar refractivity (Wildman–Crippen MR) is 89.3 cm³/mol. The van der Waals surface area contributed by atoms with E-state index in [1.807, 2.05) is 0 Å². The van der Waals surface area contributed by atoms with Crippen molar-refractivity contribution >= 4 is 11.6 Å². The number of pyridine rings is 1. The molecule has 0 radical (unpaired) electrons. The van der Waals surface area contributed by atoms with Gasteiger partial charge in [-0.1, -0.05) is 17.7 Å². The molecule has 116 valence electrons. The first kappa shape index (κ1) is 15.2. The van der Waals surface area contributed by atoms with E-state index in [9.17, 15) is 4.79 Å². The zero-order valence-electron chi connectivity index (χ0n) is 12.2. The molecule has 0 amide bonds. The smallest absolute Gasteiger partial charge is 0.253 e. The molecule has 0 unspecified atom stereocenters. The minimum atomic E-state index is -0.102. The van der Waals surface area contributed by atoms with Crippen molar-refractivity contribution in [1.82, 2.24) is 4.57 Å². The molecule has 23 heavy (non-hydrogen) atoms. The molecule has 0 saturated carbocycles. The molecule has 2 aromatic carbocycles. The Kier molecular flexibility index (Phi) is 4.64. The van der Waals surface area contributed by atoms with Gasteiger partial charge in [0.15, 0.2) is 6.73 Å². The summed E-state index contributed by atoms with van der Waals surface area (Å²) in [6.07, 6.45) is 1.68. The summed E-state index contributed by atoms with van der Waals surface area (Å²) in [5.41, 5.74) is -0.102. The second-order valence-corrected chi connectivity index (χ2v) is 5.25. The van der Waals surface area contributed by atoms with Gasteiger partial charge in [-0.3, -0.25) is 9.36 Å². The highest BCUT2D eigenvalue weighted by atomic mass is 35.5. The SMILES string of the molecule is O=c1ccccn1COc1ccc(Oc2ccc(Cl)cc2)cc1. The molecule has 1 aromatic heterocycles. The van der Waals surface area contributed by atoms with Gasteiger partial charge in [-0.05, 0) is 54.6 Å². The molecule has 3 aromatic rings. The van der Waals surface area contributed by atoms with Gasteiger partial charge in [0.25, 0.3) is 5.56 Å². The van der Waals surface area contributed by atoms with Crippen LogP contribution < -0.4 is 15.0 Å². The van der Waals surface area contributed by atoms with Gasteiger partial charge in [0.2, 0.25) is 0 Å². The lowest BCUT2D eigenvalue weighted by Crippen LogP contribution is -2.20. The van der Waals surface area contributed by atoms with Crippen LogP contribution in [-0.4, -0.2) is 4.57 Å². The van der Waals surface area contributed by atoms with Crippen LogP contribution in [0.1, 0.15) is 0 Å². The molecular weight excluding hydrogens is 314 g/mol. The van der Waals surface area contributed by atoms with Crippen LogP contribution in [0.5, 0.6) is 17.2 Å². The fraction of sp³-hybridized carbons (Fsp3) is 0.0556. The van der Waals surface area contributed by atoms with Gasteiger partial charge in [0.05, 0.1) is 0 Å². The number of ether oxygens (including phenoxy) is 2. The molecule has 0 bridgehead atoms. The maximum absolute atomic E-state index is 11.6. The minimum Gasteiger partial charge on any atom is -0.473 e. The zero-order valence-corrected chi connectivity index (χ0v) is 12.9. The highest BCUT2D eigenvalue weighted by Gasteiger charge is 2.00. The summed E-state index contributed by atoms with van der Waals surface area (Å²) >= 11 is 5.84. The molecule has 0 saturated heterocycles. The van der Waals surface area contributed by atoms with Crippen molar-refractivity contribution in [2.75, 3.05) is 0 Å². The van der Waals surface area contributed by atoms with Crippen LogP contribution in [0.3, 0.4) is 0 Å². The number of nitrogens with zero attached hydrogens (tertiary/aromatic N) is 1. The predicted octanol–water partition coefficient (Wildman–Crippen LogP) is 4.33. The number of aromatic nitrogens is 1. The Morgan fingerprint density at radius 3 is 2.09 bits per heavy atom. The monoisotopic (exact) mass is 327 g/mol. The van der Waals surface area contributed by atoms with E-state index in [2.05, 4.69) is 0 Å². The minimum absolute atomic E-state index is 0.102. The molecule has 0 aliphatic rings. The van der Waals surface area contributed by atoms with Crippen molar-refractivity contribution in [3.05, 3.63) is 88.3 Å². The van der Waals surface area contributed by atoms with Crippen molar-refractivity contribution in [2.24, 2.45) is 0 Å². The molecule has 1 heterocycles. The Labute approximate surface area is 138 Å². The van der Waals surface area contributed by atoms with Crippen LogP contribution in [0.15, 0.2) is 77.7 Å². The van der Waals surface area contributed by atoms with Crippen molar-refractivity contribution in [3.8, 4) is 17.2 Å². The van der Waals surface area contributed by atoms with E-state index in [4.69, 9.17) is 21.1 Å². The second-order valence-electron chi connectivity index (χ2n) is 4.81. The van der Waals surface area contributed by atoms with Crippen LogP contribution in [-0.2, 0) is 6.73 Å². The number of hydrogen-bond donors (Lipinski definition) is 0. The first-order chi connectivity index (χ1) is 11.2. The van der Waals surface area contributed by atoms with E-state index in [1.54, 1.807) is 66.9 Å². The van der Waals surface area contributed by atoms with E-state index in [-0.39, 0.29) is 12.3 Å². The lowest BCUT2D eigenvalue weighted by molar-refractivity contribution is 0.232. The quantitative estimate of drug-likeness (QED) is 0.700. The largest absolute Gasteiger partial charge is 0.473 e. The van der Waals surface area contributed by atoms with Gasteiger partial charge in [-0.2, -0.15) is 0 Å². The van der Waals surface area contributed by atoms with Gasteiger partial charge < -0.3 is 9.47 Å².